The van der Waals surface area contributed by atoms with Gasteiger partial charge in [-0.3, -0.25) is 9.69 Å². The number of allylic oxidation sites excluding steroid dienone is 1. The average molecular weight is 537 g/mol. The fraction of sp³-hybridized carbons (Fsp3) is 0.345. The van der Waals surface area contributed by atoms with Crippen molar-refractivity contribution in [1.29, 1.82) is 0 Å². The van der Waals surface area contributed by atoms with Gasteiger partial charge in [0, 0.05) is 12.4 Å². The van der Waals surface area contributed by atoms with Gasteiger partial charge in [0.15, 0.2) is 6.10 Å². The van der Waals surface area contributed by atoms with E-state index in [1.165, 1.54) is 16.7 Å². The van der Waals surface area contributed by atoms with Crippen LogP contribution in [0.1, 0.15) is 44.4 Å². The van der Waals surface area contributed by atoms with Gasteiger partial charge >= 0.3 is 12.1 Å². The number of carbonyl (C=O) groups excluding carboxylic acids is 3. The van der Waals surface area contributed by atoms with Crippen LogP contribution in [-0.2, 0) is 19.1 Å². The van der Waals surface area contributed by atoms with Gasteiger partial charge < -0.3 is 19.9 Å². The maximum atomic E-state index is 13.8. The summed E-state index contributed by atoms with van der Waals surface area (Å²) in [6, 6.07) is 18.0. The minimum atomic E-state index is -0.820. The van der Waals surface area contributed by atoms with Crippen LogP contribution in [0.25, 0.3) is 0 Å². The molecule has 0 aliphatic carbocycles. The first-order valence-electron chi connectivity index (χ1n) is 12.4. The molecule has 9 heteroatoms. The van der Waals surface area contributed by atoms with Gasteiger partial charge in [0.2, 0.25) is 0 Å². The van der Waals surface area contributed by atoms with Crippen molar-refractivity contribution < 1.29 is 29.0 Å². The summed E-state index contributed by atoms with van der Waals surface area (Å²) < 4.78 is 11.4. The van der Waals surface area contributed by atoms with E-state index >= 15 is 0 Å². The SMILES string of the molecule is CC(C)(C)OC(=O)N[C@@H]1C(=O)N2C(C(=O)OC(c3ccccc3)c3ccccc3)=C(/C=C/CCO)CS[C@H]12. The van der Waals surface area contributed by atoms with E-state index < -0.39 is 41.1 Å². The lowest BCUT2D eigenvalue weighted by Crippen LogP contribution is -2.70. The molecular weight excluding hydrogens is 504 g/mol. The number of carbonyl (C=O) groups is 3. The third kappa shape index (κ3) is 6.28. The lowest BCUT2D eigenvalue weighted by molar-refractivity contribution is -0.153. The van der Waals surface area contributed by atoms with E-state index in [1.54, 1.807) is 32.9 Å². The van der Waals surface area contributed by atoms with Crippen molar-refractivity contribution >= 4 is 29.7 Å². The largest absolute Gasteiger partial charge is 0.448 e. The monoisotopic (exact) mass is 536 g/mol. The lowest BCUT2D eigenvalue weighted by Gasteiger charge is -2.49. The van der Waals surface area contributed by atoms with Crippen molar-refractivity contribution in [3.8, 4) is 0 Å². The van der Waals surface area contributed by atoms with Gasteiger partial charge in [-0.1, -0.05) is 72.8 Å². The number of hydrogen-bond acceptors (Lipinski definition) is 7. The van der Waals surface area contributed by atoms with E-state index in [0.29, 0.717) is 17.7 Å². The van der Waals surface area contributed by atoms with Crippen molar-refractivity contribution in [2.24, 2.45) is 0 Å². The highest BCUT2D eigenvalue weighted by Crippen LogP contribution is 2.42. The van der Waals surface area contributed by atoms with Gasteiger partial charge in [0.1, 0.15) is 22.7 Å². The zero-order valence-corrected chi connectivity index (χ0v) is 22.4. The van der Waals surface area contributed by atoms with E-state index in [2.05, 4.69) is 5.32 Å². The molecule has 0 bridgehead atoms. The minimum absolute atomic E-state index is 0.0338. The van der Waals surface area contributed by atoms with E-state index in [4.69, 9.17) is 9.47 Å². The highest BCUT2D eigenvalue weighted by atomic mass is 32.2. The number of thioether (sulfide) groups is 1. The van der Waals surface area contributed by atoms with Crippen LogP contribution in [0.2, 0.25) is 0 Å². The molecule has 2 aromatic carbocycles. The number of esters is 1. The summed E-state index contributed by atoms with van der Waals surface area (Å²) in [5, 5.41) is 11.4. The lowest BCUT2D eigenvalue weighted by atomic mass is 10.0. The van der Waals surface area contributed by atoms with Crippen LogP contribution >= 0.6 is 11.8 Å². The van der Waals surface area contributed by atoms with E-state index in [-0.39, 0.29) is 12.3 Å². The quantitative estimate of drug-likeness (QED) is 0.382. The third-order valence-electron chi connectivity index (χ3n) is 5.91. The molecule has 2 amide bonds. The molecule has 1 saturated heterocycles. The molecule has 2 aliphatic rings. The molecule has 0 saturated carbocycles. The van der Waals surface area contributed by atoms with Crippen LogP contribution in [0.15, 0.2) is 84.1 Å². The molecule has 0 radical (unpaired) electrons. The first-order valence-corrected chi connectivity index (χ1v) is 13.5. The summed E-state index contributed by atoms with van der Waals surface area (Å²) >= 11 is 1.44. The zero-order valence-electron chi connectivity index (χ0n) is 21.6. The Bertz CT molecular complexity index is 1180. The molecular formula is C29H32N2O6S. The Labute approximate surface area is 226 Å². The molecule has 200 valence electrons. The van der Waals surface area contributed by atoms with Gasteiger partial charge in [-0.05, 0) is 43.9 Å². The minimum Gasteiger partial charge on any atom is -0.448 e. The molecule has 4 rings (SSSR count). The molecule has 0 aromatic heterocycles. The summed E-state index contributed by atoms with van der Waals surface area (Å²) in [6.07, 6.45) is 2.55. The van der Waals surface area contributed by atoms with Crippen molar-refractivity contribution in [3.63, 3.8) is 0 Å². The number of aliphatic hydroxyl groups is 1. The standard InChI is InChI=1S/C29H32N2O6S/c1-29(2,3)37-28(35)30-22-25(33)31-23(21(16-10-11-17-32)18-38-26(22)31)27(34)36-24(19-12-6-4-7-13-19)20-14-8-5-9-15-20/h4-10,12-16,22,24,26,32H,11,17-18H2,1-3H3,(H,30,35)/b16-10+/t22-,26-/m1/s1. The second-order valence-electron chi connectivity index (χ2n) is 9.93. The Morgan fingerprint density at radius 1 is 1.11 bits per heavy atom. The number of benzene rings is 2. The first-order chi connectivity index (χ1) is 18.2. The maximum Gasteiger partial charge on any atom is 0.408 e. The molecule has 0 spiro atoms. The Kier molecular flexibility index (Phi) is 8.58. The molecule has 2 aliphatic heterocycles. The van der Waals surface area contributed by atoms with Crippen molar-refractivity contribution in [3.05, 3.63) is 95.2 Å². The summed E-state index contributed by atoms with van der Waals surface area (Å²) in [7, 11) is 0. The average Bonchev–Trinajstić information content (AvgIpc) is 2.90. The van der Waals surface area contributed by atoms with E-state index in [0.717, 1.165) is 11.1 Å². The smallest absolute Gasteiger partial charge is 0.408 e. The third-order valence-corrected chi connectivity index (χ3v) is 7.21. The number of fused-ring (bicyclic) bond motifs is 1. The summed E-state index contributed by atoms with van der Waals surface area (Å²) in [5.41, 5.74) is 1.65. The molecule has 1 fully saturated rings. The van der Waals surface area contributed by atoms with Crippen LogP contribution in [-0.4, -0.2) is 57.4 Å². The molecule has 0 unspecified atom stereocenters. The Balaban J connectivity index is 1.62. The maximum absolute atomic E-state index is 13.8. The van der Waals surface area contributed by atoms with Crippen LogP contribution in [0.4, 0.5) is 4.79 Å². The normalized spacial score (nSPS) is 19.3. The number of rotatable bonds is 8. The van der Waals surface area contributed by atoms with Gasteiger partial charge in [-0.25, -0.2) is 9.59 Å². The highest BCUT2D eigenvalue weighted by Gasteiger charge is 2.54. The number of nitrogens with one attached hydrogen (secondary N) is 1. The Hall–Kier alpha value is -3.56. The van der Waals surface area contributed by atoms with Gasteiger partial charge in [0.25, 0.3) is 5.91 Å². The Morgan fingerprint density at radius 2 is 1.71 bits per heavy atom. The summed E-state index contributed by atoms with van der Waals surface area (Å²) in [5.74, 6) is -0.626. The summed E-state index contributed by atoms with van der Waals surface area (Å²) in [4.78, 5) is 40.8. The van der Waals surface area contributed by atoms with Crippen LogP contribution in [0, 0.1) is 0 Å². The van der Waals surface area contributed by atoms with Crippen LogP contribution < -0.4 is 5.32 Å². The molecule has 38 heavy (non-hydrogen) atoms. The molecule has 2 heterocycles. The number of nitrogens with zero attached hydrogens (tertiary/aromatic N) is 1. The van der Waals surface area contributed by atoms with Gasteiger partial charge in [-0.15, -0.1) is 11.8 Å². The topological polar surface area (TPSA) is 105 Å². The fourth-order valence-corrected chi connectivity index (χ4v) is 5.56. The summed E-state index contributed by atoms with van der Waals surface area (Å²) in [6.45, 7) is 5.20. The number of β-lactam (4-membered cyclic amide) rings is 1. The fourth-order valence-electron chi connectivity index (χ4n) is 4.24. The van der Waals surface area contributed by atoms with Gasteiger partial charge in [-0.2, -0.15) is 0 Å². The highest BCUT2D eigenvalue weighted by molar-refractivity contribution is 8.00. The number of ether oxygens (including phenoxy) is 2. The van der Waals surface area contributed by atoms with Crippen molar-refractivity contribution in [2.45, 2.75) is 50.3 Å². The molecule has 2 aromatic rings. The van der Waals surface area contributed by atoms with Crippen molar-refractivity contribution in [1.82, 2.24) is 10.2 Å². The van der Waals surface area contributed by atoms with Crippen molar-refractivity contribution in [2.75, 3.05) is 12.4 Å². The first kappa shape index (κ1) is 27.5. The van der Waals surface area contributed by atoms with Crippen LogP contribution in [0.5, 0.6) is 0 Å². The molecule has 2 atom stereocenters. The Morgan fingerprint density at radius 3 is 2.26 bits per heavy atom. The predicted molar refractivity (Wildman–Crippen MR) is 145 cm³/mol. The zero-order chi connectivity index (χ0) is 27.3. The van der Waals surface area contributed by atoms with Gasteiger partial charge in [0.05, 0.1) is 0 Å². The second kappa shape index (κ2) is 11.9. The molecule has 2 N–H and O–H groups in total. The number of aliphatic hydroxyl groups excluding tert-OH is 1. The molecule has 8 nitrogen and oxygen atoms in total. The van der Waals surface area contributed by atoms with E-state index in [1.807, 2.05) is 60.7 Å². The van der Waals surface area contributed by atoms with E-state index in [9.17, 15) is 19.5 Å². The number of alkyl carbamates (subject to hydrolysis) is 1. The van der Waals surface area contributed by atoms with Crippen LogP contribution in [0.3, 0.4) is 0 Å². The predicted octanol–water partition coefficient (Wildman–Crippen LogP) is 4.32. The number of amides is 2. The second-order valence-corrected chi connectivity index (χ2v) is 11.0. The number of hydrogen-bond donors (Lipinski definition) is 2.